The number of anilines is 1. The van der Waals surface area contributed by atoms with Crippen LogP contribution in [0.1, 0.15) is 17.3 Å². The Morgan fingerprint density at radius 2 is 2.10 bits per heavy atom. The van der Waals surface area contributed by atoms with Crippen LogP contribution in [0.4, 0.5) is 10.5 Å². The van der Waals surface area contributed by atoms with E-state index in [-0.39, 0.29) is 11.6 Å². The van der Waals surface area contributed by atoms with Gasteiger partial charge in [0.1, 0.15) is 0 Å². The largest absolute Gasteiger partial charge is 0.478 e. The Morgan fingerprint density at radius 1 is 1.38 bits per heavy atom. The first kappa shape index (κ1) is 16.0. The van der Waals surface area contributed by atoms with Gasteiger partial charge in [-0.05, 0) is 54.8 Å². The lowest BCUT2D eigenvalue weighted by Gasteiger charge is -2.37. The summed E-state index contributed by atoms with van der Waals surface area (Å²) in [7, 11) is 2.03. The number of nitrogens with zero attached hydrogens (tertiary/aromatic N) is 2. The number of piperazine rings is 1. The van der Waals surface area contributed by atoms with Crippen molar-refractivity contribution in [1.29, 1.82) is 0 Å². The third kappa shape index (κ3) is 3.85. The van der Waals surface area contributed by atoms with E-state index in [0.717, 1.165) is 10.1 Å². The van der Waals surface area contributed by atoms with Crippen molar-refractivity contribution in [3.63, 3.8) is 0 Å². The van der Waals surface area contributed by atoms with E-state index in [2.05, 4.69) is 17.1 Å². The average molecular weight is 403 g/mol. The van der Waals surface area contributed by atoms with Crippen LogP contribution in [0.15, 0.2) is 18.2 Å². The van der Waals surface area contributed by atoms with Crippen molar-refractivity contribution in [3.05, 3.63) is 27.3 Å². The normalized spacial score (nSPS) is 19.4. The lowest BCUT2D eigenvalue weighted by molar-refractivity contribution is 0.0698. The van der Waals surface area contributed by atoms with Gasteiger partial charge >= 0.3 is 12.0 Å². The van der Waals surface area contributed by atoms with E-state index in [1.807, 2.05) is 29.6 Å². The Bertz CT molecular complexity index is 564. The molecule has 0 saturated carbocycles. The highest BCUT2D eigenvalue weighted by molar-refractivity contribution is 14.1. The Labute approximate surface area is 137 Å². The van der Waals surface area contributed by atoms with Gasteiger partial charge in [-0.1, -0.05) is 0 Å². The van der Waals surface area contributed by atoms with Crippen LogP contribution in [-0.2, 0) is 0 Å². The molecule has 21 heavy (non-hydrogen) atoms. The molecular formula is C14H18IN3O3. The van der Waals surface area contributed by atoms with Crippen LogP contribution in [0.2, 0.25) is 0 Å². The molecule has 0 radical (unpaired) electrons. The fourth-order valence-corrected chi connectivity index (χ4v) is 2.72. The first-order valence-corrected chi connectivity index (χ1v) is 7.75. The number of hydrogen-bond donors (Lipinski definition) is 2. The van der Waals surface area contributed by atoms with Gasteiger partial charge in [-0.2, -0.15) is 0 Å². The summed E-state index contributed by atoms with van der Waals surface area (Å²) in [4.78, 5) is 27.4. The minimum atomic E-state index is -1.05. The molecule has 0 bridgehead atoms. The Hall–Kier alpha value is -1.35. The Morgan fingerprint density at radius 3 is 2.71 bits per heavy atom. The maximum atomic E-state index is 12.3. The minimum absolute atomic E-state index is 0.109. The second-order valence-electron chi connectivity index (χ2n) is 5.20. The van der Waals surface area contributed by atoms with Gasteiger partial charge in [0.05, 0.1) is 11.3 Å². The summed E-state index contributed by atoms with van der Waals surface area (Å²) >= 11 is 2.05. The molecule has 2 rings (SSSR count). The highest BCUT2D eigenvalue weighted by Gasteiger charge is 2.25. The topological polar surface area (TPSA) is 72.9 Å². The number of nitrogens with one attached hydrogen (secondary N) is 1. The molecule has 1 atom stereocenters. The van der Waals surface area contributed by atoms with Gasteiger partial charge in [0.15, 0.2) is 0 Å². The summed E-state index contributed by atoms with van der Waals surface area (Å²) in [5.74, 6) is -1.05. The minimum Gasteiger partial charge on any atom is -0.478 e. The van der Waals surface area contributed by atoms with Crippen molar-refractivity contribution < 1.29 is 14.7 Å². The SMILES string of the molecule is CC1CN(C(=O)Nc2ccc(I)cc2C(=O)O)CCN1C. The molecule has 1 saturated heterocycles. The van der Waals surface area contributed by atoms with E-state index < -0.39 is 5.97 Å². The molecule has 1 aromatic rings. The van der Waals surface area contributed by atoms with E-state index in [1.54, 1.807) is 23.1 Å². The lowest BCUT2D eigenvalue weighted by Crippen LogP contribution is -2.53. The first-order valence-electron chi connectivity index (χ1n) is 6.67. The number of likely N-dealkylation sites (N-methyl/N-ethyl adjacent to an activating group) is 1. The second kappa shape index (κ2) is 6.61. The summed E-state index contributed by atoms with van der Waals surface area (Å²) in [6, 6.07) is 4.99. The summed E-state index contributed by atoms with van der Waals surface area (Å²) < 4.78 is 0.816. The fourth-order valence-electron chi connectivity index (χ4n) is 2.23. The van der Waals surface area contributed by atoms with Crippen molar-refractivity contribution in [2.24, 2.45) is 0 Å². The molecule has 2 N–H and O–H groups in total. The van der Waals surface area contributed by atoms with E-state index in [9.17, 15) is 14.7 Å². The maximum absolute atomic E-state index is 12.3. The number of carboxylic acids is 1. The Kier molecular flexibility index (Phi) is 5.04. The number of carbonyl (C=O) groups excluding carboxylic acids is 1. The van der Waals surface area contributed by atoms with E-state index >= 15 is 0 Å². The predicted molar refractivity (Wildman–Crippen MR) is 88.8 cm³/mol. The highest BCUT2D eigenvalue weighted by Crippen LogP contribution is 2.20. The number of halogens is 1. The molecular weight excluding hydrogens is 385 g/mol. The Balaban J connectivity index is 2.11. The third-order valence-corrected chi connectivity index (χ3v) is 4.37. The third-order valence-electron chi connectivity index (χ3n) is 3.70. The summed E-state index contributed by atoms with van der Waals surface area (Å²) in [6.45, 7) is 4.15. The van der Waals surface area contributed by atoms with Crippen molar-refractivity contribution in [2.45, 2.75) is 13.0 Å². The quantitative estimate of drug-likeness (QED) is 0.743. The van der Waals surface area contributed by atoms with Crippen LogP contribution in [0.5, 0.6) is 0 Å². The van der Waals surface area contributed by atoms with Crippen molar-refractivity contribution in [1.82, 2.24) is 9.80 Å². The average Bonchev–Trinajstić information content (AvgIpc) is 2.43. The zero-order valence-electron chi connectivity index (χ0n) is 12.0. The van der Waals surface area contributed by atoms with E-state index in [0.29, 0.717) is 24.8 Å². The van der Waals surface area contributed by atoms with Crippen LogP contribution in [0.3, 0.4) is 0 Å². The number of carboxylic acid groups (broad SMARTS) is 1. The zero-order valence-corrected chi connectivity index (χ0v) is 14.1. The van der Waals surface area contributed by atoms with Gasteiger partial charge in [-0.25, -0.2) is 9.59 Å². The van der Waals surface area contributed by atoms with Gasteiger partial charge in [-0.3, -0.25) is 0 Å². The highest BCUT2D eigenvalue weighted by atomic mass is 127. The summed E-state index contributed by atoms with van der Waals surface area (Å²) in [5.41, 5.74) is 0.442. The molecule has 2 amide bonds. The van der Waals surface area contributed by atoms with Gasteiger partial charge in [-0.15, -0.1) is 0 Å². The number of carbonyl (C=O) groups is 2. The van der Waals surface area contributed by atoms with Gasteiger partial charge < -0.3 is 20.2 Å². The first-order chi connectivity index (χ1) is 9.88. The lowest BCUT2D eigenvalue weighted by atomic mass is 10.2. The molecule has 0 spiro atoms. The number of urea groups is 1. The summed E-state index contributed by atoms with van der Waals surface area (Å²) in [6.07, 6.45) is 0. The van der Waals surface area contributed by atoms with Crippen molar-refractivity contribution in [2.75, 3.05) is 32.0 Å². The molecule has 0 aromatic heterocycles. The number of benzene rings is 1. The molecule has 7 heteroatoms. The predicted octanol–water partition coefficient (Wildman–Crippen LogP) is 2.16. The van der Waals surface area contributed by atoms with E-state index in [4.69, 9.17) is 0 Å². The zero-order chi connectivity index (χ0) is 15.6. The summed E-state index contributed by atoms with van der Waals surface area (Å²) in [5, 5.41) is 11.9. The maximum Gasteiger partial charge on any atom is 0.337 e. The van der Waals surface area contributed by atoms with Gasteiger partial charge in [0.2, 0.25) is 0 Å². The monoisotopic (exact) mass is 403 g/mol. The standard InChI is InChI=1S/C14H18IN3O3/c1-9-8-18(6-5-17(9)2)14(21)16-12-4-3-10(15)7-11(12)13(19)20/h3-4,7,9H,5-6,8H2,1-2H3,(H,16,21)(H,19,20). The van der Waals surface area contributed by atoms with Gasteiger partial charge in [0, 0.05) is 29.2 Å². The number of aromatic carboxylic acids is 1. The molecule has 1 fully saturated rings. The van der Waals surface area contributed by atoms with Crippen LogP contribution in [0.25, 0.3) is 0 Å². The molecule has 1 aliphatic rings. The molecule has 114 valence electrons. The second-order valence-corrected chi connectivity index (χ2v) is 6.45. The fraction of sp³-hybridized carbons (Fsp3) is 0.429. The van der Waals surface area contributed by atoms with Crippen LogP contribution < -0.4 is 5.32 Å². The van der Waals surface area contributed by atoms with Crippen molar-refractivity contribution in [3.8, 4) is 0 Å². The number of hydrogen-bond acceptors (Lipinski definition) is 3. The molecule has 1 aromatic carbocycles. The smallest absolute Gasteiger partial charge is 0.337 e. The number of rotatable bonds is 2. The molecule has 1 unspecified atom stereocenters. The molecule has 1 heterocycles. The molecule has 0 aliphatic carbocycles. The van der Waals surface area contributed by atoms with Crippen LogP contribution >= 0.6 is 22.6 Å². The van der Waals surface area contributed by atoms with Gasteiger partial charge in [0.25, 0.3) is 0 Å². The van der Waals surface area contributed by atoms with Crippen LogP contribution in [0, 0.1) is 3.57 Å². The molecule has 1 aliphatic heterocycles. The van der Waals surface area contributed by atoms with Crippen molar-refractivity contribution >= 4 is 40.3 Å². The van der Waals surface area contributed by atoms with E-state index in [1.165, 1.54) is 0 Å². The van der Waals surface area contributed by atoms with Crippen LogP contribution in [-0.4, -0.2) is 59.6 Å². The number of amides is 2. The molecule has 6 nitrogen and oxygen atoms in total.